The largest absolute Gasteiger partial charge is 0.491 e. The highest BCUT2D eigenvalue weighted by Crippen LogP contribution is 2.35. The molecule has 2 aromatic rings. The first-order valence-corrected chi connectivity index (χ1v) is 9.20. The van der Waals surface area contributed by atoms with E-state index in [2.05, 4.69) is 19.1 Å². The molecule has 0 saturated carbocycles. The third-order valence-electron chi connectivity index (χ3n) is 5.17. The molecule has 26 heavy (non-hydrogen) atoms. The second-order valence-corrected chi connectivity index (χ2v) is 7.53. The van der Waals surface area contributed by atoms with Crippen LogP contribution in [0.1, 0.15) is 49.5 Å². The van der Waals surface area contributed by atoms with E-state index in [1.165, 1.54) is 17.7 Å². The van der Waals surface area contributed by atoms with Crippen LogP contribution in [0.15, 0.2) is 48.5 Å². The van der Waals surface area contributed by atoms with Crippen LogP contribution in [0.4, 0.5) is 4.39 Å². The fourth-order valence-corrected chi connectivity index (χ4v) is 3.52. The second-order valence-electron chi connectivity index (χ2n) is 7.53. The molecule has 1 fully saturated rings. The van der Waals surface area contributed by atoms with Crippen LogP contribution in [0, 0.1) is 5.82 Å². The van der Waals surface area contributed by atoms with Gasteiger partial charge in [-0.15, -0.1) is 0 Å². The number of amides is 1. The first kappa shape index (κ1) is 18.4. The summed E-state index contributed by atoms with van der Waals surface area (Å²) in [5, 5.41) is 0. The van der Waals surface area contributed by atoms with Gasteiger partial charge in [-0.3, -0.25) is 4.79 Å². The molecule has 0 aromatic heterocycles. The minimum absolute atomic E-state index is 0.0336. The van der Waals surface area contributed by atoms with Gasteiger partial charge in [-0.1, -0.05) is 37.3 Å². The van der Waals surface area contributed by atoms with Crippen molar-refractivity contribution in [3.63, 3.8) is 0 Å². The Balaban J connectivity index is 1.69. The van der Waals surface area contributed by atoms with Crippen LogP contribution in [0.25, 0.3) is 0 Å². The van der Waals surface area contributed by atoms with Crippen LogP contribution in [0.3, 0.4) is 0 Å². The molecule has 2 aromatic carbocycles. The molecule has 1 saturated heterocycles. The van der Waals surface area contributed by atoms with Crippen molar-refractivity contribution in [2.75, 3.05) is 13.1 Å². The van der Waals surface area contributed by atoms with Gasteiger partial charge in [-0.2, -0.15) is 0 Å². The number of hydrogen-bond acceptors (Lipinski definition) is 2. The number of rotatable bonds is 4. The van der Waals surface area contributed by atoms with E-state index in [0.717, 1.165) is 12.8 Å². The van der Waals surface area contributed by atoms with Crippen molar-refractivity contribution >= 4 is 5.91 Å². The second kappa shape index (κ2) is 7.48. The molecule has 1 aliphatic rings. The van der Waals surface area contributed by atoms with E-state index in [1.807, 2.05) is 32.0 Å². The zero-order chi connectivity index (χ0) is 18.7. The van der Waals surface area contributed by atoms with Gasteiger partial charge >= 0.3 is 0 Å². The smallest absolute Gasteiger partial charge is 0.256 e. The number of piperidine rings is 1. The summed E-state index contributed by atoms with van der Waals surface area (Å²) in [6.07, 6.45) is 1.71. The maximum Gasteiger partial charge on any atom is 0.256 e. The summed E-state index contributed by atoms with van der Waals surface area (Å²) in [5.41, 5.74) is 1.48. The highest BCUT2D eigenvalue weighted by atomic mass is 19.1. The molecule has 3 rings (SSSR count). The molecule has 3 nitrogen and oxygen atoms in total. The molecule has 0 unspecified atom stereocenters. The maximum atomic E-state index is 14.4. The number of likely N-dealkylation sites (tertiary alicyclic amines) is 1. The van der Waals surface area contributed by atoms with Gasteiger partial charge in [-0.25, -0.2) is 4.39 Å². The summed E-state index contributed by atoms with van der Waals surface area (Å²) in [4.78, 5) is 14.5. The van der Waals surface area contributed by atoms with Gasteiger partial charge in [0.15, 0.2) is 0 Å². The number of carbonyl (C=O) groups excluding carboxylic acids is 1. The van der Waals surface area contributed by atoms with E-state index in [9.17, 15) is 9.18 Å². The average molecular weight is 355 g/mol. The number of halogens is 1. The molecule has 1 heterocycles. The highest BCUT2D eigenvalue weighted by molar-refractivity contribution is 5.94. The van der Waals surface area contributed by atoms with Gasteiger partial charge < -0.3 is 9.64 Å². The number of nitrogens with zero attached hydrogens (tertiary/aromatic N) is 1. The van der Waals surface area contributed by atoms with Crippen LogP contribution in [0.5, 0.6) is 5.75 Å². The topological polar surface area (TPSA) is 29.5 Å². The van der Waals surface area contributed by atoms with Crippen LogP contribution < -0.4 is 4.74 Å². The lowest BCUT2D eigenvalue weighted by molar-refractivity contribution is 0.0671. The van der Waals surface area contributed by atoms with Crippen molar-refractivity contribution in [3.05, 3.63) is 65.5 Å². The Labute approximate surface area is 154 Å². The van der Waals surface area contributed by atoms with E-state index in [4.69, 9.17) is 4.74 Å². The Morgan fingerprint density at radius 2 is 1.77 bits per heavy atom. The molecule has 0 atom stereocenters. The van der Waals surface area contributed by atoms with Crippen molar-refractivity contribution in [1.82, 2.24) is 4.90 Å². The van der Waals surface area contributed by atoms with Gasteiger partial charge in [0.2, 0.25) is 0 Å². The fourth-order valence-electron chi connectivity index (χ4n) is 3.52. The van der Waals surface area contributed by atoms with Crippen molar-refractivity contribution < 1.29 is 13.9 Å². The third-order valence-corrected chi connectivity index (χ3v) is 5.17. The molecule has 0 spiro atoms. The van der Waals surface area contributed by atoms with Crippen LogP contribution in [0.2, 0.25) is 0 Å². The Bertz CT molecular complexity index is 765. The van der Waals surface area contributed by atoms with Crippen molar-refractivity contribution in [1.29, 1.82) is 0 Å². The summed E-state index contributed by atoms with van der Waals surface area (Å²) < 4.78 is 19.9. The molecule has 4 heteroatoms. The van der Waals surface area contributed by atoms with Gasteiger partial charge in [0, 0.05) is 19.2 Å². The number of ether oxygens (including phenoxy) is 1. The number of carbonyl (C=O) groups is 1. The molecule has 0 N–H and O–H groups in total. The fraction of sp³-hybridized carbons (Fsp3) is 0.409. The van der Waals surface area contributed by atoms with E-state index >= 15 is 0 Å². The minimum Gasteiger partial charge on any atom is -0.491 e. The van der Waals surface area contributed by atoms with E-state index < -0.39 is 5.82 Å². The molecule has 1 aliphatic heterocycles. The monoisotopic (exact) mass is 355 g/mol. The lowest BCUT2D eigenvalue weighted by Crippen LogP contribution is -2.44. The average Bonchev–Trinajstić information content (AvgIpc) is 2.62. The number of hydrogen-bond donors (Lipinski definition) is 0. The van der Waals surface area contributed by atoms with Crippen LogP contribution in [-0.2, 0) is 5.41 Å². The highest BCUT2D eigenvalue weighted by Gasteiger charge is 2.34. The van der Waals surface area contributed by atoms with E-state index in [-0.39, 0.29) is 23.0 Å². The van der Waals surface area contributed by atoms with E-state index in [0.29, 0.717) is 18.8 Å². The van der Waals surface area contributed by atoms with Gasteiger partial charge in [-0.05, 0) is 49.8 Å². The lowest BCUT2D eigenvalue weighted by Gasteiger charge is -2.40. The quantitative estimate of drug-likeness (QED) is 0.788. The Hall–Kier alpha value is -2.36. The molecule has 0 radical (unpaired) electrons. The summed E-state index contributed by atoms with van der Waals surface area (Å²) in [5.74, 6) is -0.317. The predicted octanol–water partition coefficient (Wildman–Crippen LogP) is 4.81. The van der Waals surface area contributed by atoms with Crippen LogP contribution in [-0.4, -0.2) is 30.0 Å². The Kier molecular flexibility index (Phi) is 5.30. The molecule has 1 amide bonds. The summed E-state index contributed by atoms with van der Waals surface area (Å²) in [7, 11) is 0. The molecular formula is C22H26FNO2. The number of benzene rings is 2. The van der Waals surface area contributed by atoms with Gasteiger partial charge in [0.1, 0.15) is 11.6 Å². The summed E-state index contributed by atoms with van der Waals surface area (Å²) in [6, 6.07) is 14.9. The van der Waals surface area contributed by atoms with Gasteiger partial charge in [0.05, 0.1) is 11.7 Å². The normalized spacial score (nSPS) is 16.6. The Morgan fingerprint density at radius 1 is 1.12 bits per heavy atom. The first-order chi connectivity index (χ1) is 12.4. The van der Waals surface area contributed by atoms with Crippen molar-refractivity contribution in [3.8, 4) is 5.75 Å². The molecule has 138 valence electrons. The van der Waals surface area contributed by atoms with Crippen molar-refractivity contribution in [2.24, 2.45) is 0 Å². The zero-order valence-electron chi connectivity index (χ0n) is 15.7. The molecule has 0 aliphatic carbocycles. The summed E-state index contributed by atoms with van der Waals surface area (Å²) >= 11 is 0. The predicted molar refractivity (Wildman–Crippen MR) is 101 cm³/mol. The minimum atomic E-state index is -0.524. The van der Waals surface area contributed by atoms with Crippen LogP contribution >= 0.6 is 0 Å². The third kappa shape index (κ3) is 3.90. The Morgan fingerprint density at radius 3 is 2.35 bits per heavy atom. The summed E-state index contributed by atoms with van der Waals surface area (Å²) in [6.45, 7) is 7.27. The molecular weight excluding hydrogens is 329 g/mol. The maximum absolute atomic E-state index is 14.4. The van der Waals surface area contributed by atoms with Crippen molar-refractivity contribution in [2.45, 2.75) is 45.1 Å². The zero-order valence-corrected chi connectivity index (χ0v) is 15.7. The lowest BCUT2D eigenvalue weighted by atomic mass is 9.74. The first-order valence-electron chi connectivity index (χ1n) is 9.20. The molecule has 0 bridgehead atoms. The van der Waals surface area contributed by atoms with E-state index in [1.54, 1.807) is 11.0 Å². The SMILES string of the molecule is CC(C)Oc1ccc(C(=O)N2CCC(C)(c3ccccc3)CC2)c(F)c1. The van der Waals surface area contributed by atoms with Gasteiger partial charge in [0.25, 0.3) is 5.91 Å². The standard InChI is InChI=1S/C22H26FNO2/c1-16(2)26-18-9-10-19(20(23)15-18)21(25)24-13-11-22(3,12-14-24)17-7-5-4-6-8-17/h4-10,15-16H,11-14H2,1-3H3.